The molecule has 0 unspecified atom stereocenters. The Kier molecular flexibility index (Phi) is 3.68. The molecule has 0 bridgehead atoms. The minimum atomic E-state index is -6.16. The van der Waals surface area contributed by atoms with Gasteiger partial charge in [0.2, 0.25) is 5.82 Å². The van der Waals surface area contributed by atoms with Crippen molar-refractivity contribution in [3.8, 4) is 0 Å². The van der Waals surface area contributed by atoms with Crippen molar-refractivity contribution in [2.24, 2.45) is 0 Å². The van der Waals surface area contributed by atoms with E-state index in [0.717, 1.165) is 0 Å². The number of halogens is 9. The zero-order valence-electron chi connectivity index (χ0n) is 8.76. The molecule has 1 aromatic carbocycles. The van der Waals surface area contributed by atoms with E-state index in [0.29, 0.717) is 0 Å². The van der Waals surface area contributed by atoms with Gasteiger partial charge in [0.1, 0.15) is 5.56 Å². The van der Waals surface area contributed by atoms with Crippen LogP contribution >= 0.6 is 0 Å². The fourth-order valence-corrected chi connectivity index (χ4v) is 1.17. The Morgan fingerprint density at radius 2 is 1.05 bits per heavy atom. The fourth-order valence-electron chi connectivity index (χ4n) is 1.17. The summed E-state index contributed by atoms with van der Waals surface area (Å²) in [4.78, 5) is 9.96. The first-order valence-electron chi connectivity index (χ1n) is 4.38. The zero-order chi connectivity index (χ0) is 16.0. The van der Waals surface area contributed by atoms with E-state index < -0.39 is 52.5 Å². The zero-order valence-corrected chi connectivity index (χ0v) is 8.76. The Labute approximate surface area is 103 Å². The van der Waals surface area contributed by atoms with Crippen LogP contribution in [0.5, 0.6) is 0 Å². The molecule has 0 saturated carbocycles. The third kappa shape index (κ3) is 1.96. The predicted octanol–water partition coefficient (Wildman–Crippen LogP) is 3.19. The molecule has 0 fully saturated rings. The van der Waals surface area contributed by atoms with Crippen molar-refractivity contribution >= 4 is 5.97 Å². The SMILES string of the molecule is O=C(O)C(F)(F)C(F)(F)c1c(F)c(F)c(F)c(F)c1F. The van der Waals surface area contributed by atoms with E-state index in [1.54, 1.807) is 0 Å². The summed E-state index contributed by atoms with van der Waals surface area (Å²) < 4.78 is 115. The van der Waals surface area contributed by atoms with Crippen LogP contribution in [0.3, 0.4) is 0 Å². The molecular formula is C9HF9O2. The lowest BCUT2D eigenvalue weighted by atomic mass is 10.00. The fraction of sp³-hybridized carbons (Fsp3) is 0.222. The number of hydrogen-bond acceptors (Lipinski definition) is 1. The molecule has 1 rings (SSSR count). The number of rotatable bonds is 3. The normalized spacial score (nSPS) is 12.7. The Morgan fingerprint density at radius 3 is 1.35 bits per heavy atom. The van der Waals surface area contributed by atoms with Gasteiger partial charge in [0.25, 0.3) is 0 Å². The average molecular weight is 312 g/mol. The maximum Gasteiger partial charge on any atom is 0.408 e. The van der Waals surface area contributed by atoms with Gasteiger partial charge in [-0.2, -0.15) is 17.6 Å². The van der Waals surface area contributed by atoms with Gasteiger partial charge >= 0.3 is 17.8 Å². The first-order valence-corrected chi connectivity index (χ1v) is 4.38. The number of hydrogen-bond donors (Lipinski definition) is 1. The van der Waals surface area contributed by atoms with Crippen LogP contribution in [0, 0.1) is 29.1 Å². The first kappa shape index (κ1) is 16.1. The van der Waals surface area contributed by atoms with Crippen LogP contribution < -0.4 is 0 Å². The third-order valence-electron chi connectivity index (χ3n) is 2.19. The number of carbonyl (C=O) groups is 1. The van der Waals surface area contributed by atoms with Crippen LogP contribution in [0.4, 0.5) is 39.5 Å². The minimum absolute atomic E-state index is 2.85. The second-order valence-electron chi connectivity index (χ2n) is 3.40. The maximum absolute atomic E-state index is 13.1. The Balaban J connectivity index is 3.76. The van der Waals surface area contributed by atoms with Crippen LogP contribution in [0.1, 0.15) is 5.56 Å². The third-order valence-corrected chi connectivity index (χ3v) is 2.19. The van der Waals surface area contributed by atoms with Crippen molar-refractivity contribution < 1.29 is 49.4 Å². The number of benzene rings is 1. The highest BCUT2D eigenvalue weighted by molar-refractivity contribution is 5.77. The Bertz CT molecular complexity index is 552. The van der Waals surface area contributed by atoms with E-state index in [2.05, 4.69) is 0 Å². The molecule has 0 aromatic heterocycles. The largest absolute Gasteiger partial charge is 0.477 e. The van der Waals surface area contributed by atoms with Crippen LogP contribution in [0.2, 0.25) is 0 Å². The monoisotopic (exact) mass is 312 g/mol. The molecule has 0 aliphatic carbocycles. The smallest absolute Gasteiger partial charge is 0.408 e. The molecule has 0 saturated heterocycles. The van der Waals surface area contributed by atoms with Crippen molar-refractivity contribution in [2.45, 2.75) is 11.8 Å². The van der Waals surface area contributed by atoms with Gasteiger partial charge in [-0.1, -0.05) is 0 Å². The summed E-state index contributed by atoms with van der Waals surface area (Å²) in [5.41, 5.74) is -3.22. The second kappa shape index (κ2) is 4.56. The van der Waals surface area contributed by atoms with Gasteiger partial charge in [-0.15, -0.1) is 0 Å². The van der Waals surface area contributed by atoms with E-state index in [9.17, 15) is 44.3 Å². The molecule has 0 amide bonds. The maximum atomic E-state index is 13.1. The highest BCUT2D eigenvalue weighted by Crippen LogP contribution is 2.46. The van der Waals surface area contributed by atoms with Crippen molar-refractivity contribution in [3.63, 3.8) is 0 Å². The second-order valence-corrected chi connectivity index (χ2v) is 3.40. The molecule has 0 heterocycles. The topological polar surface area (TPSA) is 37.3 Å². The molecule has 20 heavy (non-hydrogen) atoms. The molecule has 0 spiro atoms. The number of alkyl halides is 4. The highest BCUT2D eigenvalue weighted by Gasteiger charge is 2.66. The predicted molar refractivity (Wildman–Crippen MR) is 42.7 cm³/mol. The summed E-state index contributed by atoms with van der Waals surface area (Å²) in [6.45, 7) is 0. The lowest BCUT2D eigenvalue weighted by Gasteiger charge is -2.24. The molecule has 0 aliphatic heterocycles. The van der Waals surface area contributed by atoms with E-state index in [-0.39, 0.29) is 0 Å². The summed E-state index contributed by atoms with van der Waals surface area (Å²) in [5, 5.41) is 7.88. The van der Waals surface area contributed by atoms with Gasteiger partial charge in [-0.05, 0) is 0 Å². The van der Waals surface area contributed by atoms with Gasteiger partial charge in [0.15, 0.2) is 23.3 Å². The standard InChI is InChI=1S/C9HF9O2/c10-2-1(3(11)5(13)6(14)4(2)12)8(15,16)9(17,18)7(19)20/h(H,19,20). The van der Waals surface area contributed by atoms with Gasteiger partial charge in [0.05, 0.1) is 0 Å². The van der Waals surface area contributed by atoms with Crippen LogP contribution in [0.25, 0.3) is 0 Å². The lowest BCUT2D eigenvalue weighted by molar-refractivity contribution is -0.230. The summed E-state index contributed by atoms with van der Waals surface area (Å²) in [5.74, 6) is -30.9. The lowest BCUT2D eigenvalue weighted by Crippen LogP contribution is -2.46. The molecule has 0 atom stereocenters. The first-order chi connectivity index (χ1) is 8.87. The molecule has 1 N–H and O–H groups in total. The summed E-state index contributed by atoms with van der Waals surface area (Å²) >= 11 is 0. The number of aliphatic carboxylic acids is 1. The Morgan fingerprint density at radius 1 is 0.750 bits per heavy atom. The van der Waals surface area contributed by atoms with Crippen molar-refractivity contribution in [1.29, 1.82) is 0 Å². The molecule has 0 aliphatic rings. The van der Waals surface area contributed by atoms with Crippen LogP contribution in [0.15, 0.2) is 0 Å². The summed E-state index contributed by atoms with van der Waals surface area (Å²) in [6, 6.07) is 0. The summed E-state index contributed by atoms with van der Waals surface area (Å²) in [6.07, 6.45) is 0. The average Bonchev–Trinajstić information content (AvgIpc) is 2.33. The van der Waals surface area contributed by atoms with E-state index in [1.807, 2.05) is 0 Å². The van der Waals surface area contributed by atoms with Gasteiger partial charge in [-0.25, -0.2) is 26.7 Å². The number of carboxylic acid groups (broad SMARTS) is 1. The Hall–Kier alpha value is -1.94. The van der Waals surface area contributed by atoms with Crippen molar-refractivity contribution in [2.75, 3.05) is 0 Å². The van der Waals surface area contributed by atoms with E-state index >= 15 is 0 Å². The van der Waals surface area contributed by atoms with Crippen molar-refractivity contribution in [3.05, 3.63) is 34.6 Å². The van der Waals surface area contributed by atoms with Gasteiger partial charge in [0, 0.05) is 0 Å². The molecule has 1 aromatic rings. The highest BCUT2D eigenvalue weighted by atomic mass is 19.3. The number of carboxylic acids is 1. The van der Waals surface area contributed by atoms with Crippen LogP contribution in [-0.4, -0.2) is 17.0 Å². The molecule has 112 valence electrons. The molecule has 0 radical (unpaired) electrons. The minimum Gasteiger partial charge on any atom is -0.477 e. The quantitative estimate of drug-likeness (QED) is 0.529. The van der Waals surface area contributed by atoms with Gasteiger partial charge < -0.3 is 5.11 Å². The molecule has 2 nitrogen and oxygen atoms in total. The van der Waals surface area contributed by atoms with E-state index in [4.69, 9.17) is 5.11 Å². The van der Waals surface area contributed by atoms with E-state index in [1.165, 1.54) is 0 Å². The van der Waals surface area contributed by atoms with Crippen molar-refractivity contribution in [1.82, 2.24) is 0 Å². The molecular weight excluding hydrogens is 311 g/mol. The van der Waals surface area contributed by atoms with Crippen LogP contribution in [-0.2, 0) is 10.7 Å². The van der Waals surface area contributed by atoms with Gasteiger partial charge in [-0.3, -0.25) is 0 Å². The summed E-state index contributed by atoms with van der Waals surface area (Å²) in [7, 11) is 0. The molecule has 11 heteroatoms.